The molecule has 4 aromatic rings. The summed E-state index contributed by atoms with van der Waals surface area (Å²) < 4.78 is 6.30. The molecular formula is C23H18ClN3O5S. The number of hydrogen-bond donors (Lipinski definition) is 2. The summed E-state index contributed by atoms with van der Waals surface area (Å²) in [6.45, 7) is 1.53. The largest absolute Gasteiger partial charge is 0.495 e. The van der Waals surface area contributed by atoms with Crippen LogP contribution in [0.25, 0.3) is 21.6 Å². The van der Waals surface area contributed by atoms with Crippen LogP contribution in [0.5, 0.6) is 5.75 Å². The molecule has 10 heteroatoms. The second-order valence-electron chi connectivity index (χ2n) is 7.23. The van der Waals surface area contributed by atoms with Crippen LogP contribution < -0.4 is 15.6 Å². The predicted molar refractivity (Wildman–Crippen MR) is 128 cm³/mol. The number of benzene rings is 2. The van der Waals surface area contributed by atoms with Gasteiger partial charge in [0.2, 0.25) is 5.91 Å². The second kappa shape index (κ2) is 9.05. The van der Waals surface area contributed by atoms with Crippen molar-refractivity contribution in [2.75, 3.05) is 12.4 Å². The van der Waals surface area contributed by atoms with Crippen LogP contribution in [0.15, 0.2) is 52.6 Å². The number of nitrogens with one attached hydrogen (secondary N) is 1. The number of anilines is 1. The molecule has 0 radical (unpaired) electrons. The number of aromatic nitrogens is 2. The molecule has 2 aromatic carbocycles. The molecule has 0 saturated carbocycles. The molecule has 2 N–H and O–H groups in total. The third-order valence-electron chi connectivity index (χ3n) is 4.94. The molecule has 0 unspecified atom stereocenters. The van der Waals surface area contributed by atoms with Crippen molar-refractivity contribution in [2.24, 2.45) is 0 Å². The van der Waals surface area contributed by atoms with E-state index in [4.69, 9.17) is 16.3 Å². The Morgan fingerprint density at radius 2 is 2.03 bits per heavy atom. The maximum Gasteiger partial charge on any atom is 0.337 e. The van der Waals surface area contributed by atoms with Gasteiger partial charge in [-0.3, -0.25) is 14.2 Å². The lowest BCUT2D eigenvalue weighted by Gasteiger charge is -2.14. The van der Waals surface area contributed by atoms with E-state index in [0.717, 1.165) is 16.9 Å². The topological polar surface area (TPSA) is 111 Å². The number of carbonyl (C=O) groups is 2. The van der Waals surface area contributed by atoms with Crippen molar-refractivity contribution in [3.63, 3.8) is 0 Å². The van der Waals surface area contributed by atoms with E-state index in [9.17, 15) is 19.5 Å². The summed E-state index contributed by atoms with van der Waals surface area (Å²) in [6, 6.07) is 12.1. The number of nitrogens with zero attached hydrogens (tertiary/aromatic N) is 2. The van der Waals surface area contributed by atoms with Crippen molar-refractivity contribution < 1.29 is 19.4 Å². The van der Waals surface area contributed by atoms with Crippen molar-refractivity contribution in [2.45, 2.75) is 13.5 Å². The normalized spacial score (nSPS) is 10.9. The molecule has 0 aliphatic carbocycles. The molecule has 0 atom stereocenters. The van der Waals surface area contributed by atoms with Gasteiger partial charge >= 0.3 is 5.97 Å². The summed E-state index contributed by atoms with van der Waals surface area (Å²) in [5, 5.41) is 13.9. The van der Waals surface area contributed by atoms with Gasteiger partial charge < -0.3 is 15.2 Å². The zero-order valence-electron chi connectivity index (χ0n) is 17.6. The number of aryl methyl sites for hydroxylation is 1. The first-order valence-electron chi connectivity index (χ1n) is 9.74. The molecule has 0 spiro atoms. The summed E-state index contributed by atoms with van der Waals surface area (Å²) in [5.74, 6) is -0.994. The van der Waals surface area contributed by atoms with Crippen LogP contribution in [0.1, 0.15) is 15.9 Å². The number of halogens is 1. The van der Waals surface area contributed by atoms with Crippen molar-refractivity contribution in [3.05, 3.63) is 74.3 Å². The van der Waals surface area contributed by atoms with Crippen LogP contribution in [0.3, 0.4) is 0 Å². The number of rotatable bonds is 6. The Morgan fingerprint density at radius 3 is 2.70 bits per heavy atom. The molecule has 0 saturated heterocycles. The van der Waals surface area contributed by atoms with Gasteiger partial charge in [0.25, 0.3) is 5.56 Å². The maximum atomic E-state index is 13.4. The van der Waals surface area contributed by atoms with Gasteiger partial charge in [-0.2, -0.15) is 0 Å². The Balaban J connectivity index is 1.79. The number of amides is 1. The molecule has 0 aliphatic heterocycles. The number of carboxylic acid groups (broad SMARTS) is 1. The van der Waals surface area contributed by atoms with Gasteiger partial charge in [0.15, 0.2) is 0 Å². The Morgan fingerprint density at radius 1 is 1.24 bits per heavy atom. The van der Waals surface area contributed by atoms with Gasteiger partial charge in [0.1, 0.15) is 22.9 Å². The molecule has 8 nitrogen and oxygen atoms in total. The fourth-order valence-electron chi connectivity index (χ4n) is 3.42. The first-order chi connectivity index (χ1) is 15.8. The number of carbonyl (C=O) groups excluding carboxylic acids is 1. The van der Waals surface area contributed by atoms with Gasteiger partial charge in [0, 0.05) is 16.6 Å². The van der Waals surface area contributed by atoms with Crippen LogP contribution in [0, 0.1) is 6.92 Å². The molecule has 168 valence electrons. The van der Waals surface area contributed by atoms with Crippen molar-refractivity contribution in [3.8, 4) is 17.1 Å². The minimum Gasteiger partial charge on any atom is -0.495 e. The average Bonchev–Trinajstić information content (AvgIpc) is 3.20. The highest BCUT2D eigenvalue weighted by Crippen LogP contribution is 2.28. The van der Waals surface area contributed by atoms with Crippen molar-refractivity contribution in [1.82, 2.24) is 9.55 Å². The highest BCUT2D eigenvalue weighted by Gasteiger charge is 2.22. The lowest BCUT2D eigenvalue weighted by molar-refractivity contribution is -0.116. The van der Waals surface area contributed by atoms with E-state index in [1.54, 1.807) is 18.2 Å². The monoisotopic (exact) mass is 483 g/mol. The minimum atomic E-state index is -1.23. The van der Waals surface area contributed by atoms with Gasteiger partial charge in [0.05, 0.1) is 23.1 Å². The third kappa shape index (κ3) is 4.46. The number of ether oxygens (including phenoxy) is 1. The molecule has 2 aromatic heterocycles. The van der Waals surface area contributed by atoms with Crippen LogP contribution in [0.4, 0.5) is 5.69 Å². The number of thiophene rings is 1. The van der Waals surface area contributed by atoms with Crippen molar-refractivity contribution in [1.29, 1.82) is 0 Å². The molecular weight excluding hydrogens is 466 g/mol. The Labute approximate surface area is 197 Å². The first-order valence-corrected chi connectivity index (χ1v) is 11.0. The zero-order chi connectivity index (χ0) is 23.7. The molecule has 0 fully saturated rings. The fourth-order valence-corrected chi connectivity index (χ4v) is 4.58. The van der Waals surface area contributed by atoms with Crippen LogP contribution in [0.2, 0.25) is 5.02 Å². The number of hydrogen-bond acceptors (Lipinski definition) is 6. The summed E-state index contributed by atoms with van der Waals surface area (Å²) in [5.41, 5.74) is 1.27. The van der Waals surface area contributed by atoms with E-state index in [-0.39, 0.29) is 23.3 Å². The fraction of sp³-hybridized carbons (Fsp3) is 0.130. The molecule has 0 bridgehead atoms. The summed E-state index contributed by atoms with van der Waals surface area (Å²) >= 11 is 7.19. The summed E-state index contributed by atoms with van der Waals surface area (Å²) in [7, 11) is 1.48. The molecule has 2 heterocycles. The molecule has 1 amide bonds. The van der Waals surface area contributed by atoms with Gasteiger partial charge in [-0.15, -0.1) is 11.3 Å². The first kappa shape index (κ1) is 22.5. The smallest absolute Gasteiger partial charge is 0.337 e. The quantitative estimate of drug-likeness (QED) is 0.419. The molecule has 33 heavy (non-hydrogen) atoms. The summed E-state index contributed by atoms with van der Waals surface area (Å²) in [6.07, 6.45) is 0. The van der Waals surface area contributed by atoms with E-state index in [0.29, 0.717) is 26.9 Å². The lowest BCUT2D eigenvalue weighted by Crippen LogP contribution is -2.30. The van der Waals surface area contributed by atoms with E-state index in [1.807, 2.05) is 25.1 Å². The highest BCUT2D eigenvalue weighted by atomic mass is 35.5. The molecule has 4 rings (SSSR count). The highest BCUT2D eigenvalue weighted by molar-refractivity contribution is 7.17. The van der Waals surface area contributed by atoms with Crippen molar-refractivity contribution >= 4 is 50.7 Å². The van der Waals surface area contributed by atoms with E-state index in [1.165, 1.54) is 23.1 Å². The van der Waals surface area contributed by atoms with Crippen LogP contribution in [-0.4, -0.2) is 33.6 Å². The standard InChI is InChI=1S/C23H18ClN3O5S/c1-12-4-3-5-13(8-12)20-26-21-19(15(11-33-21)23(30)31)22(29)27(20)10-18(28)25-14-6-7-17(32-2)16(24)9-14/h3-9,11H,10H2,1-2H3,(H,25,28)(H,30,31). The second-order valence-corrected chi connectivity index (χ2v) is 8.49. The number of methoxy groups -OCH3 is 1. The minimum absolute atomic E-state index is 0.0239. The average molecular weight is 484 g/mol. The predicted octanol–water partition coefficient (Wildman–Crippen LogP) is 4.43. The van der Waals surface area contributed by atoms with Crippen LogP contribution in [-0.2, 0) is 11.3 Å². The molecule has 0 aliphatic rings. The Kier molecular flexibility index (Phi) is 6.17. The Bertz CT molecular complexity index is 1460. The van der Waals surface area contributed by atoms with Gasteiger partial charge in [-0.05, 0) is 31.2 Å². The van der Waals surface area contributed by atoms with E-state index < -0.39 is 17.4 Å². The lowest BCUT2D eigenvalue weighted by atomic mass is 10.1. The zero-order valence-corrected chi connectivity index (χ0v) is 19.2. The van der Waals surface area contributed by atoms with E-state index >= 15 is 0 Å². The third-order valence-corrected chi connectivity index (χ3v) is 6.11. The number of aromatic carboxylic acids is 1. The van der Waals surface area contributed by atoms with Gasteiger partial charge in [-0.1, -0.05) is 35.4 Å². The van der Waals surface area contributed by atoms with Crippen LogP contribution >= 0.6 is 22.9 Å². The maximum absolute atomic E-state index is 13.4. The number of carboxylic acids is 1. The van der Waals surface area contributed by atoms with Gasteiger partial charge in [-0.25, -0.2) is 9.78 Å². The Hall–Kier alpha value is -3.69. The number of fused-ring (bicyclic) bond motifs is 1. The van der Waals surface area contributed by atoms with E-state index in [2.05, 4.69) is 10.3 Å². The SMILES string of the molecule is COc1ccc(NC(=O)Cn2c(-c3cccc(C)c3)nc3scc(C(=O)O)c3c2=O)cc1Cl. The summed E-state index contributed by atoms with van der Waals surface area (Å²) in [4.78, 5) is 42.7.